The van der Waals surface area contributed by atoms with E-state index >= 15 is 0 Å². The Morgan fingerprint density at radius 3 is 2.62 bits per heavy atom. The second-order valence-electron chi connectivity index (χ2n) is 3.63. The highest BCUT2D eigenvalue weighted by Gasteiger charge is 1.97. The summed E-state index contributed by atoms with van der Waals surface area (Å²) in [6.07, 6.45) is 3.41. The molecule has 0 N–H and O–H groups in total. The largest absolute Gasteiger partial charge is 0.0730 e. The minimum absolute atomic E-state index is 1.13. The Kier molecular flexibility index (Phi) is 3.30. The number of allylic oxidation sites excluding steroid dienone is 1. The van der Waals surface area contributed by atoms with Gasteiger partial charge in [0.2, 0.25) is 0 Å². The molecule has 0 atom stereocenters. The highest BCUT2D eigenvalue weighted by molar-refractivity contribution is 5.57. The maximum atomic E-state index is 2.28. The molecule has 0 aliphatic carbocycles. The molecule has 0 heteroatoms. The fraction of sp³-hybridized carbons (Fsp3) is 0.385. The highest BCUT2D eigenvalue weighted by Crippen LogP contribution is 2.16. The van der Waals surface area contributed by atoms with Crippen LogP contribution in [0.4, 0.5) is 0 Å². The molecule has 0 saturated heterocycles. The van der Waals surface area contributed by atoms with Gasteiger partial charge in [-0.05, 0) is 43.9 Å². The molecule has 70 valence electrons. The van der Waals surface area contributed by atoms with Gasteiger partial charge in [-0.2, -0.15) is 0 Å². The fourth-order valence-electron chi connectivity index (χ4n) is 1.30. The zero-order valence-corrected chi connectivity index (χ0v) is 9.02. The molecular formula is C13H18. The third-order valence-electron chi connectivity index (χ3n) is 2.61. The Morgan fingerprint density at radius 2 is 2.00 bits per heavy atom. The quantitative estimate of drug-likeness (QED) is 0.632. The van der Waals surface area contributed by atoms with Gasteiger partial charge in [0.15, 0.2) is 0 Å². The van der Waals surface area contributed by atoms with Crippen LogP contribution in [0.1, 0.15) is 37.0 Å². The summed E-state index contributed by atoms with van der Waals surface area (Å²) in [7, 11) is 0. The lowest BCUT2D eigenvalue weighted by atomic mass is 10.0. The summed E-state index contributed by atoms with van der Waals surface area (Å²) >= 11 is 0. The van der Waals surface area contributed by atoms with Crippen molar-refractivity contribution in [3.05, 3.63) is 40.5 Å². The van der Waals surface area contributed by atoms with Crippen molar-refractivity contribution in [2.75, 3.05) is 0 Å². The van der Waals surface area contributed by atoms with Crippen LogP contribution in [0.3, 0.4) is 0 Å². The van der Waals surface area contributed by atoms with Gasteiger partial charge in [0.25, 0.3) is 0 Å². The summed E-state index contributed by atoms with van der Waals surface area (Å²) in [4.78, 5) is 0. The summed E-state index contributed by atoms with van der Waals surface area (Å²) in [5, 5.41) is 0. The van der Waals surface area contributed by atoms with Gasteiger partial charge in [0.1, 0.15) is 0 Å². The number of hydrogen-bond donors (Lipinski definition) is 0. The van der Waals surface area contributed by atoms with Crippen molar-refractivity contribution in [3.8, 4) is 0 Å². The average molecular weight is 174 g/mol. The second-order valence-corrected chi connectivity index (χ2v) is 3.63. The Balaban J connectivity index is 3.09. The van der Waals surface area contributed by atoms with Crippen LogP contribution in [0.2, 0.25) is 0 Å². The van der Waals surface area contributed by atoms with Crippen LogP contribution < -0.4 is 0 Å². The summed E-state index contributed by atoms with van der Waals surface area (Å²) < 4.78 is 0. The van der Waals surface area contributed by atoms with E-state index in [0.29, 0.717) is 0 Å². The van der Waals surface area contributed by atoms with Gasteiger partial charge in [-0.3, -0.25) is 0 Å². The second kappa shape index (κ2) is 4.27. The number of aryl methyl sites for hydroxylation is 1. The van der Waals surface area contributed by atoms with E-state index in [-0.39, 0.29) is 0 Å². The fourth-order valence-corrected chi connectivity index (χ4v) is 1.30. The van der Waals surface area contributed by atoms with Crippen molar-refractivity contribution in [1.29, 1.82) is 0 Å². The minimum atomic E-state index is 1.13. The van der Waals surface area contributed by atoms with Crippen LogP contribution >= 0.6 is 0 Å². The lowest BCUT2D eigenvalue weighted by molar-refractivity contribution is 1.11. The summed E-state index contributed by atoms with van der Waals surface area (Å²) in [5.74, 6) is 0. The highest BCUT2D eigenvalue weighted by atomic mass is 14.0. The average Bonchev–Trinajstić information content (AvgIpc) is 2.13. The standard InChI is InChI=1S/C13H18/c1-5-10(2)9-13-8-6-7-11(3)12(13)4/h6-9H,5H2,1-4H3/b10-9-. The molecule has 0 saturated carbocycles. The molecule has 0 aliphatic rings. The molecule has 0 spiro atoms. The molecule has 1 aromatic carbocycles. The Labute approximate surface area is 81.3 Å². The SMILES string of the molecule is CC/C(C)=C\c1cccc(C)c1C. The first-order valence-electron chi connectivity index (χ1n) is 4.88. The molecule has 0 nitrogen and oxygen atoms in total. The van der Waals surface area contributed by atoms with E-state index in [1.54, 1.807) is 0 Å². The van der Waals surface area contributed by atoms with Crippen LogP contribution in [0, 0.1) is 13.8 Å². The summed E-state index contributed by atoms with van der Waals surface area (Å²) in [6.45, 7) is 8.72. The van der Waals surface area contributed by atoms with Crippen LogP contribution in [-0.4, -0.2) is 0 Å². The molecule has 0 aliphatic heterocycles. The molecule has 0 aromatic heterocycles. The van der Waals surface area contributed by atoms with Gasteiger partial charge >= 0.3 is 0 Å². The van der Waals surface area contributed by atoms with Gasteiger partial charge in [-0.1, -0.05) is 36.8 Å². The summed E-state index contributed by atoms with van der Waals surface area (Å²) in [5.41, 5.74) is 5.57. The van der Waals surface area contributed by atoms with E-state index in [2.05, 4.69) is 52.0 Å². The van der Waals surface area contributed by atoms with Gasteiger partial charge in [-0.15, -0.1) is 0 Å². The van der Waals surface area contributed by atoms with E-state index in [1.807, 2.05) is 0 Å². The molecule has 1 aromatic rings. The van der Waals surface area contributed by atoms with Crippen molar-refractivity contribution >= 4 is 6.08 Å². The van der Waals surface area contributed by atoms with Crippen LogP contribution in [0.5, 0.6) is 0 Å². The third kappa shape index (κ3) is 2.45. The molecule has 0 bridgehead atoms. The zero-order valence-electron chi connectivity index (χ0n) is 9.02. The maximum Gasteiger partial charge on any atom is -0.0225 e. The number of hydrogen-bond acceptors (Lipinski definition) is 0. The van der Waals surface area contributed by atoms with E-state index in [0.717, 1.165) is 6.42 Å². The Hall–Kier alpha value is -1.04. The van der Waals surface area contributed by atoms with Crippen molar-refractivity contribution in [2.45, 2.75) is 34.1 Å². The van der Waals surface area contributed by atoms with Crippen molar-refractivity contribution in [1.82, 2.24) is 0 Å². The smallest absolute Gasteiger partial charge is 0.0225 e. The van der Waals surface area contributed by atoms with E-state index < -0.39 is 0 Å². The topological polar surface area (TPSA) is 0 Å². The van der Waals surface area contributed by atoms with E-state index in [9.17, 15) is 0 Å². The molecule has 0 unspecified atom stereocenters. The zero-order chi connectivity index (χ0) is 9.84. The molecule has 13 heavy (non-hydrogen) atoms. The van der Waals surface area contributed by atoms with E-state index in [1.165, 1.54) is 22.3 Å². The van der Waals surface area contributed by atoms with E-state index in [4.69, 9.17) is 0 Å². The molecular weight excluding hydrogens is 156 g/mol. The molecule has 1 rings (SSSR count). The first-order valence-corrected chi connectivity index (χ1v) is 4.88. The third-order valence-corrected chi connectivity index (χ3v) is 2.61. The van der Waals surface area contributed by atoms with Crippen LogP contribution in [-0.2, 0) is 0 Å². The Morgan fingerprint density at radius 1 is 1.31 bits per heavy atom. The first-order chi connectivity index (χ1) is 6.15. The first kappa shape index (κ1) is 10.0. The van der Waals surface area contributed by atoms with Gasteiger partial charge in [-0.25, -0.2) is 0 Å². The monoisotopic (exact) mass is 174 g/mol. The van der Waals surface area contributed by atoms with Gasteiger partial charge in [0.05, 0.1) is 0 Å². The molecule has 0 heterocycles. The number of benzene rings is 1. The predicted molar refractivity (Wildman–Crippen MR) is 59.9 cm³/mol. The van der Waals surface area contributed by atoms with Gasteiger partial charge < -0.3 is 0 Å². The Bertz CT molecular complexity index is 319. The van der Waals surface area contributed by atoms with Crippen molar-refractivity contribution in [3.63, 3.8) is 0 Å². The molecule has 0 radical (unpaired) electrons. The number of rotatable bonds is 2. The predicted octanol–water partition coefficient (Wildman–Crippen LogP) is 4.12. The van der Waals surface area contributed by atoms with Crippen LogP contribution in [0.15, 0.2) is 23.8 Å². The van der Waals surface area contributed by atoms with Crippen molar-refractivity contribution in [2.24, 2.45) is 0 Å². The molecule has 0 amide bonds. The van der Waals surface area contributed by atoms with Gasteiger partial charge in [0, 0.05) is 0 Å². The maximum absolute atomic E-state index is 2.28. The summed E-state index contributed by atoms with van der Waals surface area (Å²) in [6, 6.07) is 6.46. The lowest BCUT2D eigenvalue weighted by Gasteiger charge is -2.05. The lowest BCUT2D eigenvalue weighted by Crippen LogP contribution is -1.85. The molecule has 0 fully saturated rings. The normalized spacial score (nSPS) is 11.8. The van der Waals surface area contributed by atoms with Crippen molar-refractivity contribution < 1.29 is 0 Å². The van der Waals surface area contributed by atoms with Crippen LogP contribution in [0.25, 0.3) is 6.08 Å². The minimum Gasteiger partial charge on any atom is -0.0730 e.